The molecule has 0 bridgehead atoms. The topological polar surface area (TPSA) is 104 Å². The van der Waals surface area contributed by atoms with E-state index in [9.17, 15) is 19.2 Å². The first-order valence-electron chi connectivity index (χ1n) is 10.8. The van der Waals surface area contributed by atoms with Gasteiger partial charge in [-0.05, 0) is 42.7 Å². The summed E-state index contributed by atoms with van der Waals surface area (Å²) in [5.41, 5.74) is 1.35. The van der Waals surface area contributed by atoms with Gasteiger partial charge in [0.05, 0.1) is 18.7 Å². The van der Waals surface area contributed by atoms with Crippen molar-refractivity contribution in [3.63, 3.8) is 0 Å². The Morgan fingerprint density at radius 2 is 1.79 bits per heavy atom. The van der Waals surface area contributed by atoms with Gasteiger partial charge < -0.3 is 14.7 Å². The van der Waals surface area contributed by atoms with Crippen LogP contribution in [0.25, 0.3) is 0 Å². The summed E-state index contributed by atoms with van der Waals surface area (Å²) >= 11 is 0. The maximum absolute atomic E-state index is 13.2. The van der Waals surface area contributed by atoms with Crippen molar-refractivity contribution in [1.82, 2.24) is 4.90 Å². The van der Waals surface area contributed by atoms with E-state index >= 15 is 0 Å². The Morgan fingerprint density at radius 3 is 2.42 bits per heavy atom. The molecule has 0 aliphatic carbocycles. The highest BCUT2D eigenvalue weighted by Crippen LogP contribution is 2.28. The predicted octanol–water partition coefficient (Wildman–Crippen LogP) is 2.82. The van der Waals surface area contributed by atoms with Gasteiger partial charge in [-0.25, -0.2) is 9.69 Å². The molecule has 0 aromatic heterocycles. The van der Waals surface area contributed by atoms with Gasteiger partial charge in [0, 0.05) is 18.7 Å². The number of benzene rings is 2. The number of rotatable bonds is 10. The van der Waals surface area contributed by atoms with Crippen molar-refractivity contribution in [3.05, 3.63) is 72.3 Å². The van der Waals surface area contributed by atoms with E-state index in [1.165, 1.54) is 4.90 Å². The van der Waals surface area contributed by atoms with Crippen LogP contribution in [0.5, 0.6) is 5.75 Å². The number of carbonyl (C=O) groups is 4. The molecule has 0 radical (unpaired) electrons. The lowest BCUT2D eigenvalue weighted by Crippen LogP contribution is -2.45. The number of hydrogen-bond donors (Lipinski definition) is 1. The number of carbonyl (C=O) groups excluding carboxylic acids is 3. The number of amides is 3. The largest absolute Gasteiger partial charge is 0.494 e. The molecule has 8 heteroatoms. The summed E-state index contributed by atoms with van der Waals surface area (Å²) in [5, 5.41) is 8.88. The van der Waals surface area contributed by atoms with Crippen LogP contribution in [-0.2, 0) is 25.6 Å². The number of nitrogens with zero attached hydrogens (tertiary/aromatic N) is 2. The zero-order valence-electron chi connectivity index (χ0n) is 18.3. The molecule has 1 aliphatic heterocycles. The second kappa shape index (κ2) is 11.1. The monoisotopic (exact) mass is 450 g/mol. The minimum Gasteiger partial charge on any atom is -0.494 e. The van der Waals surface area contributed by atoms with Crippen LogP contribution in [0.3, 0.4) is 0 Å². The highest BCUT2D eigenvalue weighted by molar-refractivity contribution is 6.23. The van der Waals surface area contributed by atoms with Crippen molar-refractivity contribution < 1.29 is 29.0 Å². The fourth-order valence-corrected chi connectivity index (χ4v) is 3.59. The summed E-state index contributed by atoms with van der Waals surface area (Å²) in [6.07, 6.45) is 2.78. The van der Waals surface area contributed by atoms with E-state index in [2.05, 4.69) is 0 Å². The van der Waals surface area contributed by atoms with Crippen molar-refractivity contribution in [1.29, 1.82) is 0 Å². The van der Waals surface area contributed by atoms with Gasteiger partial charge in [-0.2, -0.15) is 0 Å². The first-order valence-corrected chi connectivity index (χ1v) is 10.8. The molecule has 1 saturated heterocycles. The molecule has 2 aromatic rings. The Labute approximate surface area is 192 Å². The summed E-state index contributed by atoms with van der Waals surface area (Å²) in [6.45, 7) is 2.71. The molecule has 1 aliphatic rings. The van der Waals surface area contributed by atoms with Gasteiger partial charge in [0.2, 0.25) is 11.8 Å². The van der Waals surface area contributed by atoms with E-state index in [1.807, 2.05) is 37.3 Å². The Kier molecular flexibility index (Phi) is 7.96. The summed E-state index contributed by atoms with van der Waals surface area (Å²) in [5.74, 6) is -2.22. The number of anilines is 1. The number of imide groups is 1. The van der Waals surface area contributed by atoms with Crippen LogP contribution in [-0.4, -0.2) is 52.9 Å². The first kappa shape index (κ1) is 23.7. The highest BCUT2D eigenvalue weighted by Gasteiger charge is 2.43. The standard InChI is InChI=1S/C25H26N2O6/c1-2-16-33-20-10-8-19(9-11-20)27-23(29)17-21(25(27)32)26(22(28)12-13-24(30)31)15-14-18-6-4-3-5-7-18/h3-13,21H,2,14-17H2,1H3,(H,30,31)/b13-12+. The normalized spacial score (nSPS) is 15.8. The van der Waals surface area contributed by atoms with E-state index in [4.69, 9.17) is 9.84 Å². The summed E-state index contributed by atoms with van der Waals surface area (Å²) in [4.78, 5) is 51.9. The third kappa shape index (κ3) is 6.06. The average Bonchev–Trinajstić information content (AvgIpc) is 3.11. The zero-order chi connectivity index (χ0) is 23.8. The number of carboxylic acids is 1. The summed E-state index contributed by atoms with van der Waals surface area (Å²) < 4.78 is 5.54. The third-order valence-corrected chi connectivity index (χ3v) is 5.20. The summed E-state index contributed by atoms with van der Waals surface area (Å²) in [7, 11) is 0. The predicted molar refractivity (Wildman–Crippen MR) is 122 cm³/mol. The van der Waals surface area contributed by atoms with Gasteiger partial charge in [-0.1, -0.05) is 37.3 Å². The Balaban J connectivity index is 1.80. The molecule has 0 saturated carbocycles. The van der Waals surface area contributed by atoms with Gasteiger partial charge in [-0.3, -0.25) is 14.4 Å². The van der Waals surface area contributed by atoms with Gasteiger partial charge in [0.25, 0.3) is 5.91 Å². The van der Waals surface area contributed by atoms with Crippen LogP contribution >= 0.6 is 0 Å². The van der Waals surface area contributed by atoms with E-state index in [1.54, 1.807) is 24.3 Å². The smallest absolute Gasteiger partial charge is 0.328 e. The lowest BCUT2D eigenvalue weighted by molar-refractivity contribution is -0.135. The van der Waals surface area contributed by atoms with Crippen molar-refractivity contribution in [3.8, 4) is 5.75 Å². The van der Waals surface area contributed by atoms with Gasteiger partial charge in [0.15, 0.2) is 0 Å². The van der Waals surface area contributed by atoms with E-state index in [0.717, 1.165) is 29.0 Å². The molecule has 3 rings (SSSR count). The minimum absolute atomic E-state index is 0.161. The van der Waals surface area contributed by atoms with Crippen molar-refractivity contribution in [2.45, 2.75) is 32.2 Å². The van der Waals surface area contributed by atoms with Crippen LogP contribution in [0.15, 0.2) is 66.7 Å². The molecule has 33 heavy (non-hydrogen) atoms. The van der Waals surface area contributed by atoms with E-state index in [-0.39, 0.29) is 13.0 Å². The molecule has 172 valence electrons. The fourth-order valence-electron chi connectivity index (χ4n) is 3.59. The Bertz CT molecular complexity index is 1030. The molecule has 1 fully saturated rings. The number of hydrogen-bond acceptors (Lipinski definition) is 5. The fraction of sp³-hybridized carbons (Fsp3) is 0.280. The van der Waals surface area contributed by atoms with Crippen LogP contribution in [0.4, 0.5) is 5.69 Å². The molecule has 1 N–H and O–H groups in total. The molecule has 1 atom stereocenters. The molecular formula is C25H26N2O6. The molecule has 1 unspecified atom stereocenters. The SMILES string of the molecule is CCCOc1ccc(N2C(=O)CC(N(CCc3ccccc3)C(=O)/C=C/C(=O)O)C2=O)cc1. The van der Waals surface area contributed by atoms with Gasteiger partial charge in [-0.15, -0.1) is 0 Å². The molecule has 0 spiro atoms. The first-order chi connectivity index (χ1) is 15.9. The maximum Gasteiger partial charge on any atom is 0.328 e. The van der Waals surface area contributed by atoms with Gasteiger partial charge >= 0.3 is 5.97 Å². The third-order valence-electron chi connectivity index (χ3n) is 5.20. The zero-order valence-corrected chi connectivity index (χ0v) is 18.3. The van der Waals surface area contributed by atoms with Crippen molar-refractivity contribution in [2.24, 2.45) is 0 Å². The lowest BCUT2D eigenvalue weighted by atomic mass is 10.1. The molecule has 1 heterocycles. The quantitative estimate of drug-likeness (QED) is 0.441. The Morgan fingerprint density at radius 1 is 1.09 bits per heavy atom. The highest BCUT2D eigenvalue weighted by atomic mass is 16.5. The second-order valence-corrected chi connectivity index (χ2v) is 7.57. The molecular weight excluding hydrogens is 424 g/mol. The second-order valence-electron chi connectivity index (χ2n) is 7.57. The van der Waals surface area contributed by atoms with E-state index in [0.29, 0.717) is 24.5 Å². The molecule has 8 nitrogen and oxygen atoms in total. The number of carboxylic acid groups (broad SMARTS) is 1. The average molecular weight is 450 g/mol. The minimum atomic E-state index is -1.27. The van der Waals surface area contributed by atoms with E-state index < -0.39 is 29.7 Å². The Hall–Kier alpha value is -3.94. The van der Waals surface area contributed by atoms with Crippen LogP contribution < -0.4 is 9.64 Å². The van der Waals surface area contributed by atoms with Crippen molar-refractivity contribution >= 4 is 29.4 Å². The summed E-state index contributed by atoms with van der Waals surface area (Å²) in [6, 6.07) is 15.0. The number of ether oxygens (including phenoxy) is 1. The van der Waals surface area contributed by atoms with Crippen LogP contribution in [0.2, 0.25) is 0 Å². The van der Waals surface area contributed by atoms with Crippen molar-refractivity contribution in [2.75, 3.05) is 18.1 Å². The maximum atomic E-state index is 13.2. The number of aliphatic carboxylic acids is 1. The molecule has 2 aromatic carbocycles. The molecule has 3 amide bonds. The van der Waals surface area contributed by atoms with Gasteiger partial charge in [0.1, 0.15) is 11.8 Å². The van der Waals surface area contributed by atoms with Crippen LogP contribution in [0, 0.1) is 0 Å². The van der Waals surface area contributed by atoms with Crippen LogP contribution in [0.1, 0.15) is 25.3 Å². The lowest BCUT2D eigenvalue weighted by Gasteiger charge is -2.26.